The van der Waals surface area contributed by atoms with Crippen molar-refractivity contribution < 1.29 is 0 Å². The summed E-state index contributed by atoms with van der Waals surface area (Å²) in [6, 6.07) is 8.05. The number of halogens is 1. The average Bonchev–Trinajstić information content (AvgIpc) is 2.82. The second-order valence-electron chi connectivity index (χ2n) is 3.34. The Hall–Kier alpha value is -0.910. The smallest absolute Gasteiger partial charge is 0.136 e. The molecule has 0 fully saturated rings. The predicted octanol–water partition coefficient (Wildman–Crippen LogP) is 4.37. The first-order valence-corrected chi connectivity index (χ1v) is 7.12. The summed E-state index contributed by atoms with van der Waals surface area (Å²) in [4.78, 5) is 5.66. The first-order chi connectivity index (χ1) is 7.74. The molecule has 0 bridgehead atoms. The van der Waals surface area contributed by atoms with Gasteiger partial charge in [0.05, 0.1) is 20.8 Å². The SMILES string of the molecule is Nc1ccsc1-c1nc2cc(Br)ccc2s1. The Morgan fingerprint density at radius 3 is 2.88 bits per heavy atom. The summed E-state index contributed by atoms with van der Waals surface area (Å²) in [6.45, 7) is 0. The third-order valence-corrected chi connectivity index (χ3v) is 4.85. The molecule has 2 heterocycles. The van der Waals surface area contributed by atoms with Crippen LogP contribution in [-0.4, -0.2) is 4.98 Å². The summed E-state index contributed by atoms with van der Waals surface area (Å²) in [6.07, 6.45) is 0. The van der Waals surface area contributed by atoms with Crippen LogP contribution in [0.5, 0.6) is 0 Å². The highest BCUT2D eigenvalue weighted by Gasteiger charge is 2.10. The molecule has 5 heteroatoms. The molecular formula is C11H7BrN2S2. The topological polar surface area (TPSA) is 38.9 Å². The number of thiazole rings is 1. The number of fused-ring (bicyclic) bond motifs is 1. The van der Waals surface area contributed by atoms with Crippen LogP contribution in [-0.2, 0) is 0 Å². The van der Waals surface area contributed by atoms with Gasteiger partial charge in [0, 0.05) is 4.47 Å². The first kappa shape index (κ1) is 10.3. The molecule has 3 aromatic rings. The molecule has 2 nitrogen and oxygen atoms in total. The number of aromatic nitrogens is 1. The van der Waals surface area contributed by atoms with Crippen LogP contribution < -0.4 is 5.73 Å². The minimum Gasteiger partial charge on any atom is -0.397 e. The molecule has 0 unspecified atom stereocenters. The molecule has 0 saturated carbocycles. The molecule has 0 aliphatic rings. The van der Waals surface area contributed by atoms with Crippen molar-refractivity contribution in [1.29, 1.82) is 0 Å². The van der Waals surface area contributed by atoms with Gasteiger partial charge in [0.1, 0.15) is 5.01 Å². The van der Waals surface area contributed by atoms with Gasteiger partial charge in [-0.1, -0.05) is 15.9 Å². The molecular weight excluding hydrogens is 304 g/mol. The Morgan fingerprint density at radius 1 is 1.25 bits per heavy atom. The highest BCUT2D eigenvalue weighted by molar-refractivity contribution is 9.10. The molecule has 0 aliphatic heterocycles. The lowest BCUT2D eigenvalue weighted by Crippen LogP contribution is -1.82. The lowest BCUT2D eigenvalue weighted by molar-refractivity contribution is 1.49. The van der Waals surface area contributed by atoms with Gasteiger partial charge in [-0.05, 0) is 29.6 Å². The molecule has 0 radical (unpaired) electrons. The Kier molecular flexibility index (Phi) is 2.46. The van der Waals surface area contributed by atoms with Crippen LogP contribution in [0.4, 0.5) is 5.69 Å². The van der Waals surface area contributed by atoms with Gasteiger partial charge in [0.2, 0.25) is 0 Å². The number of hydrogen-bond acceptors (Lipinski definition) is 4. The van der Waals surface area contributed by atoms with Gasteiger partial charge in [-0.15, -0.1) is 22.7 Å². The summed E-state index contributed by atoms with van der Waals surface area (Å²) >= 11 is 6.76. The second-order valence-corrected chi connectivity index (χ2v) is 6.20. The van der Waals surface area contributed by atoms with E-state index in [0.29, 0.717) is 0 Å². The van der Waals surface area contributed by atoms with E-state index in [0.717, 1.165) is 25.6 Å². The van der Waals surface area contributed by atoms with E-state index in [1.165, 1.54) is 4.70 Å². The van der Waals surface area contributed by atoms with E-state index < -0.39 is 0 Å². The fourth-order valence-electron chi connectivity index (χ4n) is 1.49. The number of nitrogens with zero attached hydrogens (tertiary/aromatic N) is 1. The monoisotopic (exact) mass is 310 g/mol. The summed E-state index contributed by atoms with van der Waals surface area (Å²) in [7, 11) is 0. The zero-order chi connectivity index (χ0) is 11.1. The molecule has 3 rings (SSSR count). The number of benzene rings is 1. The standard InChI is InChI=1S/C11H7BrN2S2/c12-6-1-2-9-8(5-6)14-11(16-9)10-7(13)3-4-15-10/h1-5H,13H2. The van der Waals surface area contributed by atoms with Crippen LogP contribution >= 0.6 is 38.6 Å². The Bertz CT molecular complexity index is 657. The molecule has 2 N–H and O–H groups in total. The largest absolute Gasteiger partial charge is 0.397 e. The Labute approximate surface area is 109 Å². The minimum absolute atomic E-state index is 0.808. The van der Waals surface area contributed by atoms with Crippen LogP contribution in [0.1, 0.15) is 0 Å². The normalized spacial score (nSPS) is 11.1. The molecule has 0 saturated heterocycles. The van der Waals surface area contributed by atoms with Crippen LogP contribution in [0, 0.1) is 0 Å². The molecule has 0 aliphatic carbocycles. The zero-order valence-electron chi connectivity index (χ0n) is 8.11. The van der Waals surface area contributed by atoms with E-state index in [2.05, 4.69) is 27.0 Å². The van der Waals surface area contributed by atoms with Gasteiger partial charge in [0.15, 0.2) is 0 Å². The summed E-state index contributed by atoms with van der Waals surface area (Å²) in [5.74, 6) is 0. The third-order valence-electron chi connectivity index (χ3n) is 2.24. The molecule has 2 aromatic heterocycles. The van der Waals surface area contributed by atoms with E-state index >= 15 is 0 Å². The number of rotatable bonds is 1. The van der Waals surface area contributed by atoms with Crippen molar-refractivity contribution in [3.8, 4) is 9.88 Å². The molecule has 16 heavy (non-hydrogen) atoms. The van der Waals surface area contributed by atoms with E-state index in [4.69, 9.17) is 5.73 Å². The highest BCUT2D eigenvalue weighted by atomic mass is 79.9. The van der Waals surface area contributed by atoms with Crippen molar-refractivity contribution in [3.05, 3.63) is 34.1 Å². The van der Waals surface area contributed by atoms with Crippen molar-refractivity contribution >= 4 is 54.5 Å². The molecule has 1 aromatic carbocycles. The van der Waals surface area contributed by atoms with E-state index in [1.54, 1.807) is 22.7 Å². The molecule has 0 atom stereocenters. The van der Waals surface area contributed by atoms with Crippen molar-refractivity contribution in [3.63, 3.8) is 0 Å². The van der Waals surface area contributed by atoms with Crippen LogP contribution in [0.2, 0.25) is 0 Å². The third kappa shape index (κ3) is 1.65. The summed E-state index contributed by atoms with van der Waals surface area (Å²) in [5, 5.41) is 2.99. The fraction of sp³-hybridized carbons (Fsp3) is 0. The lowest BCUT2D eigenvalue weighted by atomic mass is 10.3. The van der Waals surface area contributed by atoms with Crippen molar-refractivity contribution in [1.82, 2.24) is 4.98 Å². The van der Waals surface area contributed by atoms with Gasteiger partial charge in [0.25, 0.3) is 0 Å². The Morgan fingerprint density at radius 2 is 2.12 bits per heavy atom. The maximum absolute atomic E-state index is 5.89. The molecule has 0 amide bonds. The number of hydrogen-bond donors (Lipinski definition) is 1. The van der Waals surface area contributed by atoms with E-state index in [9.17, 15) is 0 Å². The molecule has 80 valence electrons. The lowest BCUT2D eigenvalue weighted by Gasteiger charge is -1.90. The minimum atomic E-state index is 0.808. The maximum Gasteiger partial charge on any atom is 0.136 e. The molecule has 0 spiro atoms. The number of anilines is 1. The van der Waals surface area contributed by atoms with Crippen LogP contribution in [0.25, 0.3) is 20.1 Å². The first-order valence-electron chi connectivity index (χ1n) is 4.63. The zero-order valence-corrected chi connectivity index (χ0v) is 11.3. The quantitative estimate of drug-likeness (QED) is 0.725. The van der Waals surface area contributed by atoms with Gasteiger partial charge < -0.3 is 5.73 Å². The van der Waals surface area contributed by atoms with Gasteiger partial charge in [-0.25, -0.2) is 4.98 Å². The second kappa shape index (κ2) is 3.84. The number of nitrogens with two attached hydrogens (primary N) is 1. The summed E-state index contributed by atoms with van der Waals surface area (Å²) < 4.78 is 2.24. The average molecular weight is 311 g/mol. The van der Waals surface area contributed by atoms with Gasteiger partial charge in [-0.2, -0.15) is 0 Å². The fourth-order valence-corrected chi connectivity index (χ4v) is 3.72. The predicted molar refractivity (Wildman–Crippen MR) is 75.0 cm³/mol. The van der Waals surface area contributed by atoms with Gasteiger partial charge >= 0.3 is 0 Å². The van der Waals surface area contributed by atoms with Crippen molar-refractivity contribution in [2.75, 3.05) is 5.73 Å². The highest BCUT2D eigenvalue weighted by Crippen LogP contribution is 2.37. The number of thiophene rings is 1. The number of nitrogen functional groups attached to an aromatic ring is 1. The van der Waals surface area contributed by atoms with Crippen molar-refractivity contribution in [2.24, 2.45) is 0 Å². The van der Waals surface area contributed by atoms with Crippen molar-refractivity contribution in [2.45, 2.75) is 0 Å². The summed E-state index contributed by atoms with van der Waals surface area (Å²) in [5.41, 5.74) is 7.72. The maximum atomic E-state index is 5.89. The van der Waals surface area contributed by atoms with Gasteiger partial charge in [-0.3, -0.25) is 0 Å². The van der Waals surface area contributed by atoms with E-state index in [1.807, 2.05) is 23.6 Å². The van der Waals surface area contributed by atoms with E-state index in [-0.39, 0.29) is 0 Å². The Balaban J connectivity index is 2.23. The van der Waals surface area contributed by atoms with Crippen LogP contribution in [0.15, 0.2) is 34.1 Å². The van der Waals surface area contributed by atoms with Crippen LogP contribution in [0.3, 0.4) is 0 Å².